The highest BCUT2D eigenvalue weighted by Crippen LogP contribution is 2.34. The van der Waals surface area contributed by atoms with E-state index in [9.17, 15) is 0 Å². The van der Waals surface area contributed by atoms with Crippen molar-refractivity contribution in [3.63, 3.8) is 0 Å². The minimum atomic E-state index is 0.595. The van der Waals surface area contributed by atoms with Crippen LogP contribution < -0.4 is 10.2 Å². The van der Waals surface area contributed by atoms with Gasteiger partial charge in [-0.15, -0.1) is 0 Å². The molecule has 106 valence electrons. The Balaban J connectivity index is 2.10. The van der Waals surface area contributed by atoms with Gasteiger partial charge in [0.05, 0.1) is 16.4 Å². The zero-order valence-corrected chi connectivity index (χ0v) is 12.8. The maximum absolute atomic E-state index is 6.32. The summed E-state index contributed by atoms with van der Waals surface area (Å²) >= 11 is 6.32. The fourth-order valence-corrected chi connectivity index (χ4v) is 3.25. The van der Waals surface area contributed by atoms with Crippen LogP contribution in [0.4, 0.5) is 11.4 Å². The SMILES string of the molecule is CN(C)c1c(Cl)cccc1NC1CCCCCCC1. The van der Waals surface area contributed by atoms with E-state index in [2.05, 4.69) is 16.3 Å². The molecule has 0 aliphatic heterocycles. The Morgan fingerprint density at radius 3 is 2.32 bits per heavy atom. The number of hydrogen-bond acceptors (Lipinski definition) is 2. The van der Waals surface area contributed by atoms with Crippen LogP contribution in [0.15, 0.2) is 18.2 Å². The second-order valence-electron chi connectivity index (χ2n) is 5.72. The third-order valence-electron chi connectivity index (χ3n) is 3.90. The summed E-state index contributed by atoms with van der Waals surface area (Å²) in [4.78, 5) is 2.09. The Morgan fingerprint density at radius 1 is 1.05 bits per heavy atom. The van der Waals surface area contributed by atoms with Crippen molar-refractivity contribution in [2.75, 3.05) is 24.3 Å². The Kier molecular flexibility index (Phi) is 5.38. The molecule has 0 unspecified atom stereocenters. The van der Waals surface area contributed by atoms with Crippen LogP contribution in [-0.2, 0) is 0 Å². The molecular formula is C16H25ClN2. The molecule has 0 aromatic heterocycles. The molecule has 3 heteroatoms. The molecule has 0 bridgehead atoms. The quantitative estimate of drug-likeness (QED) is 0.844. The normalized spacial score (nSPS) is 17.6. The molecule has 1 saturated carbocycles. The number of rotatable bonds is 3. The predicted octanol–water partition coefficient (Wildman–Crippen LogP) is 4.93. The molecule has 1 aromatic carbocycles. The van der Waals surface area contributed by atoms with Gasteiger partial charge in [0.25, 0.3) is 0 Å². The molecule has 0 atom stereocenters. The summed E-state index contributed by atoms with van der Waals surface area (Å²) in [6, 6.07) is 6.72. The van der Waals surface area contributed by atoms with E-state index < -0.39 is 0 Å². The number of hydrogen-bond donors (Lipinski definition) is 1. The molecule has 1 fully saturated rings. The highest BCUT2D eigenvalue weighted by molar-refractivity contribution is 6.34. The van der Waals surface area contributed by atoms with Gasteiger partial charge in [-0.05, 0) is 25.0 Å². The topological polar surface area (TPSA) is 15.3 Å². The summed E-state index contributed by atoms with van der Waals surface area (Å²) in [6.07, 6.45) is 9.42. The van der Waals surface area contributed by atoms with E-state index in [1.165, 1.54) is 50.6 Å². The van der Waals surface area contributed by atoms with Crippen LogP contribution in [0.25, 0.3) is 0 Å². The van der Waals surface area contributed by atoms with Crippen LogP contribution in [0, 0.1) is 0 Å². The highest BCUT2D eigenvalue weighted by Gasteiger charge is 2.15. The van der Waals surface area contributed by atoms with Crippen molar-refractivity contribution < 1.29 is 0 Å². The first-order valence-corrected chi connectivity index (χ1v) is 7.78. The first kappa shape index (κ1) is 14.5. The van der Waals surface area contributed by atoms with Crippen molar-refractivity contribution >= 4 is 23.0 Å². The molecule has 1 N–H and O–H groups in total. The number of anilines is 2. The summed E-state index contributed by atoms with van der Waals surface area (Å²) in [5.41, 5.74) is 2.27. The molecule has 2 rings (SSSR count). The molecule has 1 aliphatic carbocycles. The van der Waals surface area contributed by atoms with Gasteiger partial charge < -0.3 is 10.2 Å². The van der Waals surface area contributed by atoms with Gasteiger partial charge in [0.1, 0.15) is 0 Å². The standard InChI is InChI=1S/C16H25ClN2/c1-19(2)16-14(17)11-8-12-15(16)18-13-9-6-4-3-5-7-10-13/h8,11-13,18H,3-7,9-10H2,1-2H3. The van der Waals surface area contributed by atoms with Gasteiger partial charge in [0.15, 0.2) is 0 Å². The molecule has 0 saturated heterocycles. The first-order chi connectivity index (χ1) is 9.18. The van der Waals surface area contributed by atoms with Crippen LogP contribution in [0.3, 0.4) is 0 Å². The second kappa shape index (κ2) is 7.04. The maximum Gasteiger partial charge on any atom is 0.0786 e. The molecule has 1 aromatic rings. The maximum atomic E-state index is 6.32. The van der Waals surface area contributed by atoms with Gasteiger partial charge in [-0.1, -0.05) is 49.8 Å². The lowest BCUT2D eigenvalue weighted by Crippen LogP contribution is -2.22. The van der Waals surface area contributed by atoms with Gasteiger partial charge in [-0.25, -0.2) is 0 Å². The Bertz CT molecular complexity index is 396. The number of nitrogens with one attached hydrogen (secondary N) is 1. The van der Waals surface area contributed by atoms with Crippen molar-refractivity contribution in [1.82, 2.24) is 0 Å². The number of halogens is 1. The van der Waals surface area contributed by atoms with E-state index >= 15 is 0 Å². The molecule has 0 spiro atoms. The minimum Gasteiger partial charge on any atom is -0.381 e. The van der Waals surface area contributed by atoms with Crippen molar-refractivity contribution in [3.8, 4) is 0 Å². The van der Waals surface area contributed by atoms with Crippen LogP contribution >= 0.6 is 11.6 Å². The van der Waals surface area contributed by atoms with Gasteiger partial charge >= 0.3 is 0 Å². The van der Waals surface area contributed by atoms with Crippen molar-refractivity contribution in [2.45, 2.75) is 51.0 Å². The predicted molar refractivity (Wildman–Crippen MR) is 85.5 cm³/mol. The molecule has 1 aliphatic rings. The largest absolute Gasteiger partial charge is 0.381 e. The van der Waals surface area contributed by atoms with E-state index in [0.717, 1.165) is 10.7 Å². The number of benzene rings is 1. The lowest BCUT2D eigenvalue weighted by molar-refractivity contribution is 0.471. The highest BCUT2D eigenvalue weighted by atomic mass is 35.5. The Morgan fingerprint density at radius 2 is 1.68 bits per heavy atom. The van der Waals surface area contributed by atoms with Gasteiger partial charge in [0, 0.05) is 20.1 Å². The van der Waals surface area contributed by atoms with Gasteiger partial charge in [0.2, 0.25) is 0 Å². The van der Waals surface area contributed by atoms with E-state index in [0.29, 0.717) is 6.04 Å². The summed E-state index contributed by atoms with van der Waals surface area (Å²) in [5, 5.41) is 4.53. The Labute approximate surface area is 122 Å². The summed E-state index contributed by atoms with van der Waals surface area (Å²) in [5.74, 6) is 0. The summed E-state index contributed by atoms with van der Waals surface area (Å²) in [7, 11) is 4.09. The smallest absolute Gasteiger partial charge is 0.0786 e. The lowest BCUT2D eigenvalue weighted by Gasteiger charge is -2.26. The molecular weight excluding hydrogens is 256 g/mol. The number of nitrogens with zero attached hydrogens (tertiary/aromatic N) is 1. The molecule has 0 heterocycles. The Hall–Kier alpha value is -0.890. The van der Waals surface area contributed by atoms with E-state index in [-0.39, 0.29) is 0 Å². The minimum absolute atomic E-state index is 0.595. The summed E-state index contributed by atoms with van der Waals surface area (Å²) in [6.45, 7) is 0. The van der Waals surface area contributed by atoms with Crippen LogP contribution in [0.5, 0.6) is 0 Å². The lowest BCUT2D eigenvalue weighted by atomic mass is 9.96. The fraction of sp³-hybridized carbons (Fsp3) is 0.625. The van der Waals surface area contributed by atoms with Crippen molar-refractivity contribution in [1.29, 1.82) is 0 Å². The van der Waals surface area contributed by atoms with E-state index in [1.54, 1.807) is 0 Å². The molecule has 19 heavy (non-hydrogen) atoms. The third kappa shape index (κ3) is 4.04. The first-order valence-electron chi connectivity index (χ1n) is 7.41. The van der Waals surface area contributed by atoms with E-state index in [4.69, 9.17) is 11.6 Å². The zero-order valence-electron chi connectivity index (χ0n) is 12.1. The second-order valence-corrected chi connectivity index (χ2v) is 6.12. The average molecular weight is 281 g/mol. The van der Waals surface area contributed by atoms with Crippen LogP contribution in [0.1, 0.15) is 44.9 Å². The van der Waals surface area contributed by atoms with Crippen molar-refractivity contribution in [3.05, 3.63) is 23.2 Å². The molecule has 2 nitrogen and oxygen atoms in total. The monoisotopic (exact) mass is 280 g/mol. The van der Waals surface area contributed by atoms with Gasteiger partial charge in [-0.3, -0.25) is 0 Å². The van der Waals surface area contributed by atoms with E-state index in [1.807, 2.05) is 26.2 Å². The third-order valence-corrected chi connectivity index (χ3v) is 4.20. The number of para-hydroxylation sites is 1. The average Bonchev–Trinajstić information content (AvgIpc) is 2.32. The van der Waals surface area contributed by atoms with Gasteiger partial charge in [-0.2, -0.15) is 0 Å². The van der Waals surface area contributed by atoms with Crippen LogP contribution in [0.2, 0.25) is 5.02 Å². The summed E-state index contributed by atoms with van der Waals surface area (Å²) < 4.78 is 0. The molecule has 0 amide bonds. The fourth-order valence-electron chi connectivity index (χ4n) is 2.91. The zero-order chi connectivity index (χ0) is 13.7. The van der Waals surface area contributed by atoms with Crippen LogP contribution in [-0.4, -0.2) is 20.1 Å². The molecule has 0 radical (unpaired) electrons. The van der Waals surface area contributed by atoms with Crippen molar-refractivity contribution in [2.24, 2.45) is 0 Å².